The molecule has 1 rings (SSSR count). The van der Waals surface area contributed by atoms with Gasteiger partial charge in [0.2, 0.25) is 0 Å². The molecule has 0 aliphatic heterocycles. The summed E-state index contributed by atoms with van der Waals surface area (Å²) in [5, 5.41) is 3.27. The lowest BCUT2D eigenvalue weighted by atomic mass is 10.3. The molecule has 0 atom stereocenters. The Morgan fingerprint density at radius 3 is 2.22 bits per heavy atom. The minimum absolute atomic E-state index is 0.330. The Morgan fingerprint density at radius 2 is 1.72 bits per heavy atom. The molecule has 98 valence electrons. The standard InChI is InChI=1S/C11H13Cl2N3O2/c1-15(2)11(18)16(3)10(17)14-7-4-5-8(12)9(13)6-7/h4-6H,1-3H3,(H,14,17). The van der Waals surface area contributed by atoms with E-state index in [-0.39, 0.29) is 0 Å². The van der Waals surface area contributed by atoms with Gasteiger partial charge in [0, 0.05) is 26.8 Å². The number of benzene rings is 1. The molecule has 0 radical (unpaired) electrons. The van der Waals surface area contributed by atoms with Crippen molar-refractivity contribution in [1.82, 2.24) is 9.80 Å². The van der Waals surface area contributed by atoms with Crippen LogP contribution in [0.1, 0.15) is 0 Å². The van der Waals surface area contributed by atoms with Crippen LogP contribution in [0.5, 0.6) is 0 Å². The molecule has 0 aromatic heterocycles. The molecular weight excluding hydrogens is 277 g/mol. The Bertz CT molecular complexity index is 477. The van der Waals surface area contributed by atoms with Crippen LogP contribution < -0.4 is 5.32 Å². The van der Waals surface area contributed by atoms with Crippen LogP contribution in [0.4, 0.5) is 15.3 Å². The molecule has 0 heterocycles. The van der Waals surface area contributed by atoms with E-state index in [0.29, 0.717) is 15.7 Å². The van der Waals surface area contributed by atoms with E-state index in [1.165, 1.54) is 18.0 Å². The molecule has 0 aliphatic rings. The third kappa shape index (κ3) is 3.51. The SMILES string of the molecule is CN(C)C(=O)N(C)C(=O)Nc1ccc(Cl)c(Cl)c1. The van der Waals surface area contributed by atoms with Crippen LogP contribution in [0, 0.1) is 0 Å². The number of nitrogens with one attached hydrogen (secondary N) is 1. The van der Waals surface area contributed by atoms with Gasteiger partial charge in [-0.15, -0.1) is 0 Å². The summed E-state index contributed by atoms with van der Waals surface area (Å²) in [6.07, 6.45) is 0. The van der Waals surface area contributed by atoms with Gasteiger partial charge in [0.15, 0.2) is 0 Å². The highest BCUT2D eigenvalue weighted by Gasteiger charge is 2.18. The molecule has 0 unspecified atom stereocenters. The number of amides is 4. The van der Waals surface area contributed by atoms with Crippen molar-refractivity contribution in [1.29, 1.82) is 0 Å². The second-order valence-corrected chi connectivity index (χ2v) is 4.61. The number of rotatable bonds is 1. The average molecular weight is 290 g/mol. The van der Waals surface area contributed by atoms with Crippen LogP contribution in [0.25, 0.3) is 0 Å². The van der Waals surface area contributed by atoms with Crippen molar-refractivity contribution >= 4 is 41.0 Å². The van der Waals surface area contributed by atoms with Crippen LogP contribution in [0.2, 0.25) is 10.0 Å². The fourth-order valence-electron chi connectivity index (χ4n) is 1.17. The molecule has 0 bridgehead atoms. The molecule has 1 aromatic rings. The predicted octanol–water partition coefficient (Wildman–Crippen LogP) is 3.14. The van der Waals surface area contributed by atoms with Crippen LogP contribution in [0.3, 0.4) is 0 Å². The zero-order chi connectivity index (χ0) is 13.9. The molecule has 5 nitrogen and oxygen atoms in total. The lowest BCUT2D eigenvalue weighted by Crippen LogP contribution is -2.42. The smallest absolute Gasteiger partial charge is 0.329 e. The van der Waals surface area contributed by atoms with Gasteiger partial charge in [-0.1, -0.05) is 23.2 Å². The topological polar surface area (TPSA) is 52.7 Å². The van der Waals surface area contributed by atoms with Crippen LogP contribution in [0.15, 0.2) is 18.2 Å². The maximum atomic E-state index is 11.7. The minimum Gasteiger partial charge on any atom is -0.330 e. The molecule has 0 fully saturated rings. The van der Waals surface area contributed by atoms with E-state index in [1.807, 2.05) is 0 Å². The number of nitrogens with zero attached hydrogens (tertiary/aromatic N) is 2. The first-order valence-corrected chi connectivity index (χ1v) is 5.79. The van der Waals surface area contributed by atoms with Crippen molar-refractivity contribution in [2.45, 2.75) is 0 Å². The zero-order valence-corrected chi connectivity index (χ0v) is 11.7. The van der Waals surface area contributed by atoms with E-state index in [2.05, 4.69) is 5.32 Å². The normalized spacial score (nSPS) is 9.83. The lowest BCUT2D eigenvalue weighted by Gasteiger charge is -2.20. The van der Waals surface area contributed by atoms with Crippen molar-refractivity contribution in [3.63, 3.8) is 0 Å². The molecule has 1 aromatic carbocycles. The maximum absolute atomic E-state index is 11.7. The molecule has 7 heteroatoms. The van der Waals surface area contributed by atoms with E-state index < -0.39 is 12.1 Å². The lowest BCUT2D eigenvalue weighted by molar-refractivity contribution is 0.182. The van der Waals surface area contributed by atoms with Gasteiger partial charge in [-0.3, -0.25) is 0 Å². The summed E-state index contributed by atoms with van der Waals surface area (Å²) < 4.78 is 0. The first kappa shape index (κ1) is 14.6. The largest absolute Gasteiger partial charge is 0.330 e. The Labute approximate surface area is 115 Å². The van der Waals surface area contributed by atoms with E-state index in [9.17, 15) is 9.59 Å². The molecular formula is C11H13Cl2N3O2. The molecule has 18 heavy (non-hydrogen) atoms. The highest BCUT2D eigenvalue weighted by Crippen LogP contribution is 2.25. The third-order valence-corrected chi connectivity index (χ3v) is 2.88. The van der Waals surface area contributed by atoms with Gasteiger partial charge < -0.3 is 10.2 Å². The van der Waals surface area contributed by atoms with E-state index in [1.54, 1.807) is 26.2 Å². The first-order chi connectivity index (χ1) is 8.32. The zero-order valence-electron chi connectivity index (χ0n) is 10.2. The minimum atomic E-state index is -0.549. The number of urea groups is 2. The van der Waals surface area contributed by atoms with Crippen molar-refractivity contribution in [2.75, 3.05) is 26.5 Å². The van der Waals surface area contributed by atoms with E-state index in [4.69, 9.17) is 23.2 Å². The highest BCUT2D eigenvalue weighted by molar-refractivity contribution is 6.42. The highest BCUT2D eigenvalue weighted by atomic mass is 35.5. The number of carbonyl (C=O) groups is 2. The van der Waals surface area contributed by atoms with Gasteiger partial charge in [-0.2, -0.15) is 0 Å². The number of hydrogen-bond donors (Lipinski definition) is 1. The van der Waals surface area contributed by atoms with Crippen molar-refractivity contribution < 1.29 is 9.59 Å². The monoisotopic (exact) mass is 289 g/mol. The molecule has 0 saturated carbocycles. The number of imide groups is 1. The fourth-order valence-corrected chi connectivity index (χ4v) is 1.47. The van der Waals surface area contributed by atoms with Gasteiger partial charge in [0.25, 0.3) is 0 Å². The Kier molecular flexibility index (Phi) is 4.81. The number of hydrogen-bond acceptors (Lipinski definition) is 2. The summed E-state index contributed by atoms with van der Waals surface area (Å²) in [7, 11) is 4.51. The Balaban J connectivity index is 2.75. The van der Waals surface area contributed by atoms with Gasteiger partial charge in [0.1, 0.15) is 0 Å². The van der Waals surface area contributed by atoms with E-state index in [0.717, 1.165) is 4.90 Å². The third-order valence-electron chi connectivity index (χ3n) is 2.15. The molecule has 0 aliphatic carbocycles. The summed E-state index contributed by atoms with van der Waals surface area (Å²) in [5.74, 6) is 0. The maximum Gasteiger partial charge on any atom is 0.329 e. The van der Waals surface area contributed by atoms with Gasteiger partial charge in [0.05, 0.1) is 10.0 Å². The number of carbonyl (C=O) groups excluding carboxylic acids is 2. The van der Waals surface area contributed by atoms with Crippen molar-refractivity contribution in [3.05, 3.63) is 28.2 Å². The Hall–Kier alpha value is -1.46. The quantitative estimate of drug-likeness (QED) is 0.863. The average Bonchev–Trinajstić information content (AvgIpc) is 2.31. The van der Waals surface area contributed by atoms with Gasteiger partial charge in [-0.05, 0) is 18.2 Å². The summed E-state index contributed by atoms with van der Waals surface area (Å²) in [6, 6.07) is 3.70. The van der Waals surface area contributed by atoms with E-state index >= 15 is 0 Å². The fraction of sp³-hybridized carbons (Fsp3) is 0.273. The number of halogens is 2. The first-order valence-electron chi connectivity index (χ1n) is 5.04. The summed E-state index contributed by atoms with van der Waals surface area (Å²) in [5.41, 5.74) is 0.466. The molecule has 0 spiro atoms. The summed E-state index contributed by atoms with van der Waals surface area (Å²) >= 11 is 11.6. The van der Waals surface area contributed by atoms with Gasteiger partial charge in [-0.25, -0.2) is 14.5 Å². The van der Waals surface area contributed by atoms with Crippen molar-refractivity contribution in [2.24, 2.45) is 0 Å². The molecule has 1 N–H and O–H groups in total. The van der Waals surface area contributed by atoms with Crippen LogP contribution >= 0.6 is 23.2 Å². The second-order valence-electron chi connectivity index (χ2n) is 3.80. The van der Waals surface area contributed by atoms with Gasteiger partial charge >= 0.3 is 12.1 Å². The summed E-state index contributed by atoms with van der Waals surface area (Å²) in [4.78, 5) is 25.5. The molecule has 4 amide bonds. The van der Waals surface area contributed by atoms with Crippen LogP contribution in [-0.4, -0.2) is 43.0 Å². The number of anilines is 1. The predicted molar refractivity (Wildman–Crippen MR) is 72.3 cm³/mol. The van der Waals surface area contributed by atoms with Crippen molar-refractivity contribution in [3.8, 4) is 0 Å². The molecule has 0 saturated heterocycles. The second kappa shape index (κ2) is 5.93. The van der Waals surface area contributed by atoms with Crippen LogP contribution in [-0.2, 0) is 0 Å². The summed E-state index contributed by atoms with van der Waals surface area (Å²) in [6.45, 7) is 0. The Morgan fingerprint density at radius 1 is 1.11 bits per heavy atom.